The highest BCUT2D eigenvalue weighted by Crippen LogP contribution is 2.19. The number of rotatable bonds is 20. The van der Waals surface area contributed by atoms with Gasteiger partial charge in [0.25, 0.3) is 0 Å². The summed E-state index contributed by atoms with van der Waals surface area (Å²) in [6.45, 7) is 9.61. The summed E-state index contributed by atoms with van der Waals surface area (Å²) in [5.41, 5.74) is 0. The van der Waals surface area contributed by atoms with Gasteiger partial charge in [0.05, 0.1) is 26.7 Å². The normalized spacial score (nSPS) is 16.3. The van der Waals surface area contributed by atoms with Gasteiger partial charge in [-0.25, -0.2) is 0 Å². The second-order valence-electron chi connectivity index (χ2n) is 9.15. The first-order chi connectivity index (χ1) is 12.7. The molecule has 0 aromatic heterocycles. The van der Waals surface area contributed by atoms with Gasteiger partial charge in [0.15, 0.2) is 0 Å². The van der Waals surface area contributed by atoms with Crippen molar-refractivity contribution in [1.29, 1.82) is 0 Å². The molecule has 0 aromatic rings. The molecule has 27 heavy (non-hydrogen) atoms. The predicted molar refractivity (Wildman–Crippen MR) is 116 cm³/mol. The van der Waals surface area contributed by atoms with Gasteiger partial charge in [0.2, 0.25) is 0 Å². The molecule has 0 aliphatic carbocycles. The Balaban J connectivity index is 0.00000676. The lowest BCUT2D eigenvalue weighted by atomic mass is 10.1. The molecule has 1 heterocycles. The Bertz CT molecular complexity index is 287. The Morgan fingerprint density at radius 1 is 0.630 bits per heavy atom. The van der Waals surface area contributed by atoms with E-state index in [0.29, 0.717) is 6.10 Å². The molecule has 0 amide bonds. The average molecular weight is 449 g/mol. The molecular weight excluding hydrogens is 398 g/mol. The van der Waals surface area contributed by atoms with E-state index in [1.807, 2.05) is 0 Å². The Morgan fingerprint density at radius 2 is 0.963 bits per heavy atom. The van der Waals surface area contributed by atoms with Gasteiger partial charge in [0, 0.05) is 0 Å². The van der Waals surface area contributed by atoms with Crippen LogP contribution in [0.4, 0.5) is 0 Å². The zero-order valence-electron chi connectivity index (χ0n) is 19.0. The molecule has 1 rings (SSSR count). The van der Waals surface area contributed by atoms with Crippen molar-refractivity contribution in [1.82, 2.24) is 0 Å². The number of unbranched alkanes of at least 4 members (excludes halogenated alkanes) is 14. The van der Waals surface area contributed by atoms with Crippen molar-refractivity contribution >= 4 is 0 Å². The maximum atomic E-state index is 5.55. The molecule has 1 aliphatic heterocycles. The number of epoxide rings is 1. The van der Waals surface area contributed by atoms with E-state index in [9.17, 15) is 0 Å². The van der Waals surface area contributed by atoms with E-state index in [0.717, 1.165) is 6.61 Å². The minimum absolute atomic E-state index is 0. The molecule has 1 atom stereocenters. The number of halogens is 1. The van der Waals surface area contributed by atoms with Crippen molar-refractivity contribution in [2.75, 3.05) is 33.3 Å². The van der Waals surface area contributed by atoms with Crippen LogP contribution in [0, 0.1) is 0 Å². The third-order valence-corrected chi connectivity index (χ3v) is 6.15. The maximum Gasteiger partial charge on any atom is 0.130 e. The summed E-state index contributed by atoms with van der Waals surface area (Å²) in [7, 11) is 2.49. The molecule has 1 fully saturated rings. The van der Waals surface area contributed by atoms with Crippen LogP contribution in [0.5, 0.6) is 0 Å². The molecule has 3 heteroatoms. The van der Waals surface area contributed by atoms with Gasteiger partial charge in [-0.05, 0) is 25.7 Å². The molecule has 0 bridgehead atoms. The van der Waals surface area contributed by atoms with Crippen LogP contribution >= 0.6 is 0 Å². The van der Waals surface area contributed by atoms with Crippen LogP contribution in [-0.2, 0) is 4.74 Å². The van der Waals surface area contributed by atoms with Crippen LogP contribution in [0.3, 0.4) is 0 Å². The highest BCUT2D eigenvalue weighted by atomic mass is 79.9. The van der Waals surface area contributed by atoms with Crippen molar-refractivity contribution in [2.24, 2.45) is 0 Å². The molecular formula is C24H50BrNO. The second-order valence-corrected chi connectivity index (χ2v) is 9.15. The third-order valence-electron chi connectivity index (χ3n) is 6.15. The van der Waals surface area contributed by atoms with Crippen molar-refractivity contribution in [3.05, 3.63) is 0 Å². The van der Waals surface area contributed by atoms with Crippen molar-refractivity contribution in [3.8, 4) is 0 Å². The fourth-order valence-electron chi connectivity index (χ4n) is 4.21. The second kappa shape index (κ2) is 18.4. The van der Waals surface area contributed by atoms with Crippen molar-refractivity contribution in [3.63, 3.8) is 0 Å². The van der Waals surface area contributed by atoms with E-state index in [4.69, 9.17) is 4.74 Å². The Morgan fingerprint density at radius 3 is 1.30 bits per heavy atom. The summed E-state index contributed by atoms with van der Waals surface area (Å²) in [5, 5.41) is 0. The van der Waals surface area contributed by atoms with E-state index >= 15 is 0 Å². The topological polar surface area (TPSA) is 12.5 Å². The van der Waals surface area contributed by atoms with Gasteiger partial charge in [0.1, 0.15) is 12.6 Å². The first kappa shape index (κ1) is 27.4. The molecule has 0 aromatic carbocycles. The summed E-state index contributed by atoms with van der Waals surface area (Å²) in [6.07, 6.45) is 23.4. The van der Waals surface area contributed by atoms with E-state index in [1.165, 1.54) is 127 Å². The Hall–Kier alpha value is 0.400. The summed E-state index contributed by atoms with van der Waals surface area (Å²) >= 11 is 0. The molecule has 1 saturated heterocycles. The zero-order valence-corrected chi connectivity index (χ0v) is 20.5. The number of nitrogens with zero attached hydrogens (tertiary/aromatic N) is 1. The fraction of sp³-hybridized carbons (Fsp3) is 1.00. The van der Waals surface area contributed by atoms with Crippen LogP contribution in [0.1, 0.15) is 117 Å². The molecule has 0 saturated carbocycles. The summed E-state index contributed by atoms with van der Waals surface area (Å²) in [6, 6.07) is 0. The van der Waals surface area contributed by atoms with Gasteiger partial charge in [-0.1, -0.05) is 90.9 Å². The van der Waals surface area contributed by atoms with Gasteiger partial charge < -0.3 is 26.2 Å². The highest BCUT2D eigenvalue weighted by molar-refractivity contribution is 4.68. The van der Waals surface area contributed by atoms with E-state index in [1.54, 1.807) is 0 Å². The Labute approximate surface area is 182 Å². The maximum absolute atomic E-state index is 5.55. The van der Waals surface area contributed by atoms with Crippen LogP contribution < -0.4 is 17.0 Å². The van der Waals surface area contributed by atoms with Gasteiger partial charge in [-0.15, -0.1) is 0 Å². The minimum atomic E-state index is 0. The first-order valence-corrected chi connectivity index (χ1v) is 12.2. The number of likely N-dealkylation sites (N-methyl/N-ethyl adjacent to an activating group) is 1. The quantitative estimate of drug-likeness (QED) is 0.155. The third kappa shape index (κ3) is 17.0. The molecule has 1 aliphatic rings. The van der Waals surface area contributed by atoms with Crippen LogP contribution in [0.25, 0.3) is 0 Å². The molecule has 0 radical (unpaired) electrons. The van der Waals surface area contributed by atoms with Gasteiger partial charge in [-0.3, -0.25) is 0 Å². The summed E-state index contributed by atoms with van der Waals surface area (Å²) < 4.78 is 6.81. The molecule has 0 spiro atoms. The molecule has 164 valence electrons. The van der Waals surface area contributed by atoms with E-state index in [-0.39, 0.29) is 17.0 Å². The molecule has 1 unspecified atom stereocenters. The smallest absolute Gasteiger partial charge is 0.130 e. The van der Waals surface area contributed by atoms with Crippen molar-refractivity contribution < 1.29 is 26.2 Å². The predicted octanol–water partition coefficient (Wildman–Crippen LogP) is 4.12. The Kier molecular flexibility index (Phi) is 18.7. The lowest BCUT2D eigenvalue weighted by Crippen LogP contribution is -3.00. The number of ether oxygens (including phenoxy) is 1. The SMILES string of the molecule is CCCCCCCCCC[N+](C)(CCCCCCCCCC)CC1CO1.[Br-]. The van der Waals surface area contributed by atoms with Crippen LogP contribution in [0.2, 0.25) is 0 Å². The lowest BCUT2D eigenvalue weighted by Gasteiger charge is -2.34. The molecule has 0 N–H and O–H groups in total. The number of hydrogen-bond donors (Lipinski definition) is 0. The number of hydrogen-bond acceptors (Lipinski definition) is 1. The standard InChI is InChI=1S/C24H50NO.BrH/c1-4-6-8-10-12-14-16-18-20-25(3,22-24-23-26-24)21-19-17-15-13-11-9-7-5-2;/h24H,4-23H2,1-3H3;1H/q+1;/p-1. The zero-order chi connectivity index (χ0) is 18.9. The number of quaternary nitrogens is 1. The highest BCUT2D eigenvalue weighted by Gasteiger charge is 2.33. The summed E-state index contributed by atoms with van der Waals surface area (Å²) in [4.78, 5) is 0. The van der Waals surface area contributed by atoms with Crippen LogP contribution in [-0.4, -0.2) is 43.9 Å². The summed E-state index contributed by atoms with van der Waals surface area (Å²) in [5.74, 6) is 0. The molecule has 2 nitrogen and oxygen atoms in total. The van der Waals surface area contributed by atoms with Crippen molar-refractivity contribution in [2.45, 2.75) is 123 Å². The largest absolute Gasteiger partial charge is 1.00 e. The monoisotopic (exact) mass is 447 g/mol. The van der Waals surface area contributed by atoms with Crippen LogP contribution in [0.15, 0.2) is 0 Å². The minimum Gasteiger partial charge on any atom is -1.00 e. The average Bonchev–Trinajstić information content (AvgIpc) is 3.43. The first-order valence-electron chi connectivity index (χ1n) is 12.2. The fourth-order valence-corrected chi connectivity index (χ4v) is 4.21. The lowest BCUT2D eigenvalue weighted by molar-refractivity contribution is -0.910. The van der Waals surface area contributed by atoms with Gasteiger partial charge in [-0.2, -0.15) is 0 Å². The van der Waals surface area contributed by atoms with E-state index in [2.05, 4.69) is 20.9 Å². The van der Waals surface area contributed by atoms with Gasteiger partial charge >= 0.3 is 0 Å². The van der Waals surface area contributed by atoms with E-state index < -0.39 is 0 Å².